The Bertz CT molecular complexity index is 4100. The molecule has 0 unspecified atom stereocenters. The topological polar surface area (TPSA) is 43.6 Å². The summed E-state index contributed by atoms with van der Waals surface area (Å²) in [6.45, 7) is 0. The van der Waals surface area contributed by atoms with Crippen molar-refractivity contribution in [1.29, 1.82) is 0 Å². The molecular weight excluding hydrogens is 1100 g/mol. The van der Waals surface area contributed by atoms with Crippen LogP contribution in [-0.2, 0) is 20.1 Å². The summed E-state index contributed by atoms with van der Waals surface area (Å²) >= 11 is 0. The summed E-state index contributed by atoms with van der Waals surface area (Å²) in [5.41, 5.74) is 23.4. The second-order valence-corrected chi connectivity index (χ2v) is 18.6. The Hall–Kier alpha value is -9.38. The standard InChI is InChI=1S/C71H45N4.Ir/c1-2-14-49(15-3-1)50-25-27-51(28-26-50)57-41-43-73-71(47-57)56-35-31-53(32-36-56)64-18-6-9-21-67(64)60-44-59(66-20-8-5-17-63(66)52-29-33-55(34-30-52)69-23-12-13-42-72-69)45-61(46-60)68-22-10-7-19-65(68)54-37-39-62(40-38-54)75-48-58-16-4-11-24-70(58)74-75;/h1-33,35,37-39,41-48H;/q-3;+3. The Kier molecular flexibility index (Phi) is 13.3. The number of fused-ring (bicyclic) bond motifs is 1. The maximum atomic E-state index is 4.82. The van der Waals surface area contributed by atoms with Crippen molar-refractivity contribution in [3.05, 3.63) is 292 Å². The minimum Gasteiger partial charge on any atom is -0.305 e. The van der Waals surface area contributed by atoms with E-state index in [4.69, 9.17) is 10.1 Å². The zero-order valence-corrected chi connectivity index (χ0v) is 43.5. The summed E-state index contributed by atoms with van der Waals surface area (Å²) in [4.78, 5) is 9.38. The molecule has 3 heterocycles. The monoisotopic (exact) mass is 1150 g/mol. The van der Waals surface area contributed by atoms with E-state index in [-0.39, 0.29) is 20.1 Å². The maximum absolute atomic E-state index is 4.82. The number of hydrogen-bond acceptors (Lipinski definition) is 3. The second kappa shape index (κ2) is 21.2. The summed E-state index contributed by atoms with van der Waals surface area (Å²) in [5.74, 6) is 0. The molecule has 4 nitrogen and oxygen atoms in total. The van der Waals surface area contributed by atoms with Crippen molar-refractivity contribution in [3.63, 3.8) is 0 Å². The first-order valence-electron chi connectivity index (χ1n) is 25.1. The van der Waals surface area contributed by atoms with E-state index in [0.29, 0.717) is 0 Å². The maximum Gasteiger partial charge on any atom is 3.00 e. The van der Waals surface area contributed by atoms with Crippen LogP contribution in [0.2, 0.25) is 0 Å². The first-order valence-corrected chi connectivity index (χ1v) is 25.1. The first-order chi connectivity index (χ1) is 37.1. The molecule has 0 bridgehead atoms. The predicted molar refractivity (Wildman–Crippen MR) is 308 cm³/mol. The van der Waals surface area contributed by atoms with Crippen molar-refractivity contribution >= 4 is 10.9 Å². The van der Waals surface area contributed by atoms with Crippen LogP contribution < -0.4 is 0 Å². The van der Waals surface area contributed by atoms with Gasteiger partial charge in [0.25, 0.3) is 0 Å². The van der Waals surface area contributed by atoms with Gasteiger partial charge in [-0.15, -0.1) is 71.3 Å². The molecule has 0 saturated carbocycles. The normalized spacial score (nSPS) is 11.1. The summed E-state index contributed by atoms with van der Waals surface area (Å²) in [6.07, 6.45) is 5.76. The molecule has 5 heteroatoms. The third-order valence-corrected chi connectivity index (χ3v) is 14.0. The van der Waals surface area contributed by atoms with Gasteiger partial charge in [-0.25, -0.2) is 0 Å². The van der Waals surface area contributed by atoms with Crippen LogP contribution in [0.5, 0.6) is 0 Å². The van der Waals surface area contributed by atoms with E-state index in [1.165, 1.54) is 11.1 Å². The van der Waals surface area contributed by atoms with Gasteiger partial charge in [-0.1, -0.05) is 192 Å². The van der Waals surface area contributed by atoms with Gasteiger partial charge in [0.15, 0.2) is 0 Å². The molecule has 0 fully saturated rings. The van der Waals surface area contributed by atoms with Gasteiger partial charge in [-0.3, -0.25) is 4.68 Å². The quantitative estimate of drug-likeness (QED) is 0.121. The molecule has 0 radical (unpaired) electrons. The molecule has 0 aliphatic carbocycles. The van der Waals surface area contributed by atoms with E-state index in [1.54, 1.807) is 0 Å². The number of nitrogens with zero attached hydrogens (tertiary/aromatic N) is 4. The van der Waals surface area contributed by atoms with Crippen LogP contribution in [0.15, 0.2) is 273 Å². The molecule has 0 aliphatic heterocycles. The molecule has 0 spiro atoms. The Balaban J connectivity index is 0.00000582. The number of pyridine rings is 2. The minimum atomic E-state index is 0. The van der Waals surface area contributed by atoms with Gasteiger partial charge in [0.05, 0.1) is 5.52 Å². The van der Waals surface area contributed by atoms with Crippen molar-refractivity contribution in [1.82, 2.24) is 19.7 Å². The van der Waals surface area contributed by atoms with Crippen LogP contribution in [0.4, 0.5) is 0 Å². The van der Waals surface area contributed by atoms with Crippen LogP contribution in [0.1, 0.15) is 0 Å². The predicted octanol–water partition coefficient (Wildman–Crippen LogP) is 17.9. The largest absolute Gasteiger partial charge is 3.00 e. The van der Waals surface area contributed by atoms with Gasteiger partial charge in [0.1, 0.15) is 0 Å². The summed E-state index contributed by atoms with van der Waals surface area (Å²) in [5, 5.41) is 5.91. The van der Waals surface area contributed by atoms with Gasteiger partial charge >= 0.3 is 20.1 Å². The average molecular weight is 1150 g/mol. The Morgan fingerprint density at radius 2 is 0.750 bits per heavy atom. The third kappa shape index (κ3) is 9.65. The fraction of sp³-hybridized carbons (Fsp3) is 0. The number of hydrogen-bond donors (Lipinski definition) is 0. The van der Waals surface area contributed by atoms with Gasteiger partial charge in [-0.2, -0.15) is 23.3 Å². The molecule has 3 aromatic heterocycles. The summed E-state index contributed by atoms with van der Waals surface area (Å²) in [7, 11) is 0. The second-order valence-electron chi connectivity index (χ2n) is 18.6. The zero-order chi connectivity index (χ0) is 49.9. The smallest absolute Gasteiger partial charge is 0.305 e. The molecule has 76 heavy (non-hydrogen) atoms. The fourth-order valence-electron chi connectivity index (χ4n) is 10.1. The van der Waals surface area contributed by atoms with E-state index in [9.17, 15) is 0 Å². The molecular formula is C71H45IrN4. The molecule has 0 saturated heterocycles. The number of rotatable bonds is 11. The van der Waals surface area contributed by atoms with E-state index in [1.807, 2.05) is 59.5 Å². The van der Waals surface area contributed by atoms with E-state index < -0.39 is 0 Å². The number of aromatic nitrogens is 4. The van der Waals surface area contributed by atoms with E-state index >= 15 is 0 Å². The third-order valence-electron chi connectivity index (χ3n) is 14.0. The van der Waals surface area contributed by atoms with Crippen molar-refractivity contribution in [3.8, 4) is 117 Å². The molecule has 13 aromatic rings. The van der Waals surface area contributed by atoms with Gasteiger partial charge in [-0.05, 0) is 109 Å². The molecule has 358 valence electrons. The Morgan fingerprint density at radius 1 is 0.303 bits per heavy atom. The molecule has 0 amide bonds. The fourth-order valence-corrected chi connectivity index (χ4v) is 10.1. The number of benzene rings is 10. The van der Waals surface area contributed by atoms with Crippen molar-refractivity contribution in [2.75, 3.05) is 0 Å². The Labute approximate surface area is 456 Å². The van der Waals surface area contributed by atoms with E-state index in [2.05, 4.69) is 242 Å². The van der Waals surface area contributed by atoms with Gasteiger partial charge < -0.3 is 9.97 Å². The van der Waals surface area contributed by atoms with Crippen LogP contribution in [0.3, 0.4) is 0 Å². The summed E-state index contributed by atoms with van der Waals surface area (Å²) in [6, 6.07) is 100. The van der Waals surface area contributed by atoms with Crippen LogP contribution >= 0.6 is 0 Å². The average Bonchev–Trinajstić information content (AvgIpc) is 3.97. The van der Waals surface area contributed by atoms with Crippen LogP contribution in [0, 0.1) is 18.2 Å². The summed E-state index contributed by atoms with van der Waals surface area (Å²) < 4.78 is 1.90. The molecule has 13 rings (SSSR count). The molecule has 0 N–H and O–H groups in total. The van der Waals surface area contributed by atoms with Crippen LogP contribution in [-0.4, -0.2) is 19.7 Å². The van der Waals surface area contributed by atoms with Gasteiger partial charge in [0, 0.05) is 24.0 Å². The van der Waals surface area contributed by atoms with Crippen molar-refractivity contribution in [2.45, 2.75) is 0 Å². The molecule has 0 aliphatic rings. The Morgan fingerprint density at radius 3 is 1.26 bits per heavy atom. The minimum absolute atomic E-state index is 0. The SMILES string of the molecule is [Ir+3].[c-]1cc(-c2ccccc2-c2cc(-c3ccccc3-c3c[c-]c(-c4cc(-c5ccc(-c6ccccc6)cc5)ccn4)cc3)cc(-c3ccccc3-c3c[c-]c(-n4cc5ccccc5n4)cc3)c2)ccc1-c1ccccn1. The molecule has 0 atom stereocenters. The van der Waals surface area contributed by atoms with E-state index in [0.717, 1.165) is 117 Å². The van der Waals surface area contributed by atoms with Crippen molar-refractivity contribution in [2.24, 2.45) is 0 Å². The van der Waals surface area contributed by atoms with Crippen LogP contribution in [0.25, 0.3) is 128 Å². The van der Waals surface area contributed by atoms with Crippen molar-refractivity contribution < 1.29 is 20.1 Å². The first kappa shape index (κ1) is 47.6. The zero-order valence-electron chi connectivity index (χ0n) is 41.1. The molecule has 10 aromatic carbocycles. The van der Waals surface area contributed by atoms with Gasteiger partial charge in [0.2, 0.25) is 0 Å².